The molecule has 1 aliphatic heterocycles. The summed E-state index contributed by atoms with van der Waals surface area (Å²) in [6.45, 7) is 3.54. The van der Waals surface area contributed by atoms with Crippen LogP contribution in [0.15, 0.2) is 6.07 Å². The summed E-state index contributed by atoms with van der Waals surface area (Å²) in [7, 11) is 0. The Morgan fingerprint density at radius 1 is 1.47 bits per heavy atom. The molecule has 0 bridgehead atoms. The predicted molar refractivity (Wildman–Crippen MR) is 72.1 cm³/mol. The van der Waals surface area contributed by atoms with Gasteiger partial charge < -0.3 is 16.4 Å². The van der Waals surface area contributed by atoms with Gasteiger partial charge in [0.25, 0.3) is 0 Å². The van der Waals surface area contributed by atoms with Crippen LogP contribution in [0.5, 0.6) is 0 Å². The number of rotatable bonds is 3. The Hall–Kier alpha value is -1.56. The fraction of sp³-hybridized carbons (Fsp3) is 0.692. The largest absolute Gasteiger partial charge is 0.384 e. The van der Waals surface area contributed by atoms with E-state index in [4.69, 9.17) is 11.5 Å². The molecule has 19 heavy (non-hydrogen) atoms. The van der Waals surface area contributed by atoms with E-state index in [1.165, 1.54) is 12.8 Å². The zero-order chi connectivity index (χ0) is 13.6. The lowest BCUT2D eigenvalue weighted by Gasteiger charge is -2.16. The van der Waals surface area contributed by atoms with E-state index in [1.54, 1.807) is 10.7 Å². The van der Waals surface area contributed by atoms with Crippen LogP contribution in [0, 0.1) is 18.8 Å². The van der Waals surface area contributed by atoms with Crippen LogP contribution in [0.2, 0.25) is 0 Å². The molecule has 0 aromatic carbocycles. The van der Waals surface area contributed by atoms with E-state index < -0.39 is 0 Å². The number of aromatic nitrogens is 2. The smallest absolute Gasteiger partial charge is 0.244 e. The topological polar surface area (TPSA) is 90.2 Å². The van der Waals surface area contributed by atoms with Crippen molar-refractivity contribution in [2.24, 2.45) is 17.6 Å². The van der Waals surface area contributed by atoms with Crippen LogP contribution in [0.4, 0.5) is 5.82 Å². The molecular formula is C13H21N5O. The van der Waals surface area contributed by atoms with Crippen LogP contribution in [0.1, 0.15) is 18.5 Å². The Kier molecular flexibility index (Phi) is 2.97. The maximum absolute atomic E-state index is 12.3. The van der Waals surface area contributed by atoms with Gasteiger partial charge in [-0.3, -0.25) is 4.79 Å². The van der Waals surface area contributed by atoms with Gasteiger partial charge in [0.05, 0.1) is 5.69 Å². The van der Waals surface area contributed by atoms with Crippen LogP contribution in [0.3, 0.4) is 0 Å². The van der Waals surface area contributed by atoms with Crippen molar-refractivity contribution in [2.45, 2.75) is 32.4 Å². The summed E-state index contributed by atoms with van der Waals surface area (Å²) in [6, 6.07) is 1.91. The molecule has 1 saturated heterocycles. The molecule has 2 fully saturated rings. The number of nitrogens with zero attached hydrogens (tertiary/aromatic N) is 3. The molecule has 0 radical (unpaired) electrons. The van der Waals surface area contributed by atoms with Gasteiger partial charge in [0, 0.05) is 25.2 Å². The lowest BCUT2D eigenvalue weighted by Crippen LogP contribution is -2.34. The van der Waals surface area contributed by atoms with Gasteiger partial charge in [-0.2, -0.15) is 5.10 Å². The van der Waals surface area contributed by atoms with E-state index in [0.717, 1.165) is 18.2 Å². The van der Waals surface area contributed by atoms with Gasteiger partial charge in [-0.25, -0.2) is 4.68 Å². The highest BCUT2D eigenvalue weighted by Gasteiger charge is 2.42. The van der Waals surface area contributed by atoms with Crippen molar-refractivity contribution in [3.63, 3.8) is 0 Å². The molecule has 4 N–H and O–H groups in total. The molecule has 104 valence electrons. The maximum Gasteiger partial charge on any atom is 0.244 e. The fourth-order valence-electron chi connectivity index (χ4n) is 3.00. The second-order valence-corrected chi connectivity index (χ2v) is 5.83. The summed E-state index contributed by atoms with van der Waals surface area (Å²) in [5, 5.41) is 4.22. The summed E-state index contributed by atoms with van der Waals surface area (Å²) in [6.07, 6.45) is 2.54. The molecule has 6 heteroatoms. The highest BCUT2D eigenvalue weighted by molar-refractivity contribution is 5.76. The van der Waals surface area contributed by atoms with Crippen LogP contribution in [-0.2, 0) is 11.3 Å². The number of nitrogens with two attached hydrogens (primary N) is 2. The number of carbonyl (C=O) groups excluding carboxylic acids is 1. The second-order valence-electron chi connectivity index (χ2n) is 5.83. The molecule has 2 heterocycles. The number of amides is 1. The number of aryl methyl sites for hydroxylation is 1. The summed E-state index contributed by atoms with van der Waals surface area (Å²) in [5.74, 6) is 1.83. The van der Waals surface area contributed by atoms with Gasteiger partial charge >= 0.3 is 0 Å². The molecule has 6 nitrogen and oxygen atoms in total. The monoisotopic (exact) mass is 263 g/mol. The minimum absolute atomic E-state index is 0.0633. The SMILES string of the molecule is Cc1cc(N)n(CC(=O)N2C[C@H](C3CC3)[C@@H](N)C2)n1. The van der Waals surface area contributed by atoms with E-state index in [9.17, 15) is 4.79 Å². The first-order valence-corrected chi connectivity index (χ1v) is 6.88. The zero-order valence-electron chi connectivity index (χ0n) is 11.2. The normalized spacial score (nSPS) is 26.9. The van der Waals surface area contributed by atoms with Crippen molar-refractivity contribution in [1.82, 2.24) is 14.7 Å². The van der Waals surface area contributed by atoms with E-state index in [0.29, 0.717) is 18.3 Å². The summed E-state index contributed by atoms with van der Waals surface area (Å²) >= 11 is 0. The first-order valence-electron chi connectivity index (χ1n) is 6.88. The maximum atomic E-state index is 12.3. The Bertz CT molecular complexity index is 493. The molecule has 1 amide bonds. The summed E-state index contributed by atoms with van der Waals surface area (Å²) in [4.78, 5) is 14.1. The summed E-state index contributed by atoms with van der Waals surface area (Å²) in [5.41, 5.74) is 12.8. The van der Waals surface area contributed by atoms with Crippen molar-refractivity contribution < 1.29 is 4.79 Å². The van der Waals surface area contributed by atoms with E-state index in [-0.39, 0.29) is 18.5 Å². The lowest BCUT2D eigenvalue weighted by atomic mass is 9.99. The number of nitrogen functional groups attached to an aromatic ring is 1. The molecule has 2 atom stereocenters. The average molecular weight is 263 g/mol. The highest BCUT2D eigenvalue weighted by Crippen LogP contribution is 2.40. The van der Waals surface area contributed by atoms with E-state index in [2.05, 4.69) is 5.10 Å². The van der Waals surface area contributed by atoms with Crippen LogP contribution in [0.25, 0.3) is 0 Å². The molecule has 1 aromatic heterocycles. The van der Waals surface area contributed by atoms with Gasteiger partial charge in [-0.1, -0.05) is 0 Å². The number of hydrogen-bond donors (Lipinski definition) is 2. The first-order chi connectivity index (χ1) is 9.04. The van der Waals surface area contributed by atoms with Crippen LogP contribution < -0.4 is 11.5 Å². The predicted octanol–water partition coefficient (Wildman–Crippen LogP) is -0.0306. The third-order valence-electron chi connectivity index (χ3n) is 4.21. The first kappa shape index (κ1) is 12.5. The number of likely N-dealkylation sites (tertiary alicyclic amines) is 1. The molecule has 3 rings (SSSR count). The molecule has 1 saturated carbocycles. The number of carbonyl (C=O) groups is 1. The summed E-state index contributed by atoms with van der Waals surface area (Å²) < 4.78 is 1.56. The number of anilines is 1. The van der Waals surface area contributed by atoms with Crippen LogP contribution in [-0.4, -0.2) is 39.7 Å². The molecule has 2 aliphatic rings. The minimum Gasteiger partial charge on any atom is -0.384 e. The van der Waals surface area contributed by atoms with Crippen molar-refractivity contribution in [2.75, 3.05) is 18.8 Å². The Morgan fingerprint density at radius 2 is 2.21 bits per heavy atom. The Morgan fingerprint density at radius 3 is 2.79 bits per heavy atom. The molecule has 0 unspecified atom stereocenters. The van der Waals surface area contributed by atoms with Crippen molar-refractivity contribution in [3.05, 3.63) is 11.8 Å². The molecule has 0 spiro atoms. The zero-order valence-corrected chi connectivity index (χ0v) is 11.2. The highest BCUT2D eigenvalue weighted by atomic mass is 16.2. The van der Waals surface area contributed by atoms with Crippen molar-refractivity contribution >= 4 is 11.7 Å². The third-order valence-corrected chi connectivity index (χ3v) is 4.21. The molecular weight excluding hydrogens is 242 g/mol. The lowest BCUT2D eigenvalue weighted by molar-refractivity contribution is -0.131. The van der Waals surface area contributed by atoms with Gasteiger partial charge in [0.1, 0.15) is 12.4 Å². The fourth-order valence-corrected chi connectivity index (χ4v) is 3.00. The Labute approximate surface area is 112 Å². The number of hydrogen-bond acceptors (Lipinski definition) is 4. The average Bonchev–Trinajstić information content (AvgIpc) is 3.04. The standard InChI is InChI=1S/C13H21N5O/c1-8-4-12(15)18(16-8)7-13(19)17-5-10(9-2-3-9)11(14)6-17/h4,9-11H,2-3,5-7,14-15H2,1H3/t10-,11+/m1/s1. The Balaban J connectivity index is 1.63. The molecule has 1 aromatic rings. The molecule has 1 aliphatic carbocycles. The third kappa shape index (κ3) is 2.45. The van der Waals surface area contributed by atoms with Crippen molar-refractivity contribution in [3.8, 4) is 0 Å². The van der Waals surface area contributed by atoms with E-state index >= 15 is 0 Å². The second kappa shape index (κ2) is 4.52. The quantitative estimate of drug-likeness (QED) is 0.801. The van der Waals surface area contributed by atoms with E-state index in [1.807, 2.05) is 11.8 Å². The van der Waals surface area contributed by atoms with Gasteiger partial charge in [-0.05, 0) is 31.6 Å². The van der Waals surface area contributed by atoms with Crippen molar-refractivity contribution in [1.29, 1.82) is 0 Å². The van der Waals surface area contributed by atoms with Gasteiger partial charge in [0.2, 0.25) is 5.91 Å². The van der Waals surface area contributed by atoms with Gasteiger partial charge in [0.15, 0.2) is 0 Å². The minimum atomic E-state index is 0.0633. The van der Waals surface area contributed by atoms with Gasteiger partial charge in [-0.15, -0.1) is 0 Å². The van der Waals surface area contributed by atoms with Crippen LogP contribution >= 0.6 is 0 Å².